The zero-order chi connectivity index (χ0) is 48.3. The van der Waals surface area contributed by atoms with Crippen LogP contribution in [0.15, 0.2) is 24.3 Å². The average molecular weight is 970 g/mol. The summed E-state index contributed by atoms with van der Waals surface area (Å²) in [5.41, 5.74) is 1.44. The van der Waals surface area contributed by atoms with Crippen LogP contribution in [0.2, 0.25) is 0 Å². The Labute approximate surface area is 391 Å². The second-order valence-electron chi connectivity index (χ2n) is 15.2. The number of carbonyl (C=O) groups is 8. The Morgan fingerprint density at radius 2 is 1.23 bits per heavy atom. The molecule has 0 bridgehead atoms. The van der Waals surface area contributed by atoms with Crippen LogP contribution in [-0.2, 0) is 44.8 Å². The lowest BCUT2D eigenvalue weighted by atomic mass is 10.0. The Kier molecular flexibility index (Phi) is 27.2. The minimum absolute atomic E-state index is 0.0132. The van der Waals surface area contributed by atoms with Gasteiger partial charge in [0.05, 0.1) is 36.0 Å². The summed E-state index contributed by atoms with van der Waals surface area (Å²) in [5.74, 6) is -6.32. The zero-order valence-corrected chi connectivity index (χ0v) is 39.0. The molecule has 364 valence electrons. The second kappa shape index (κ2) is 31.3. The number of Topliss-reactive ketones (excluding diaryl/α,β-unsaturated/α-hetero) is 1. The molecule has 1 heterocycles. The monoisotopic (exact) mass is 969 g/mol. The molecule has 1 fully saturated rings. The molecule has 3 atom stereocenters. The third-order valence-electron chi connectivity index (χ3n) is 10.1. The van der Waals surface area contributed by atoms with Crippen molar-refractivity contribution in [2.75, 3.05) is 109 Å². The number of nitrogens with one attached hydrogen (secondary N) is 5. The van der Waals surface area contributed by atoms with Crippen molar-refractivity contribution < 1.29 is 63.9 Å². The molecule has 0 aromatic heterocycles. The molecule has 1 aliphatic rings. The Hall–Kier alpha value is -4.63. The lowest BCUT2D eigenvalue weighted by Gasteiger charge is -2.39. The van der Waals surface area contributed by atoms with Gasteiger partial charge in [-0.15, -0.1) is 0 Å². The summed E-state index contributed by atoms with van der Waals surface area (Å²) >= 11 is 5.45. The van der Waals surface area contributed by atoms with Gasteiger partial charge < -0.3 is 71.3 Å². The van der Waals surface area contributed by atoms with Crippen molar-refractivity contribution in [2.45, 2.75) is 57.2 Å². The first-order valence-corrected chi connectivity index (χ1v) is 23.8. The van der Waals surface area contributed by atoms with Crippen LogP contribution in [0.25, 0.3) is 0 Å². The van der Waals surface area contributed by atoms with E-state index in [0.29, 0.717) is 35.4 Å². The normalized spacial score (nSPS) is 16.7. The topological polar surface area (TPSA) is 322 Å². The Morgan fingerprint density at radius 3 is 1.75 bits per heavy atom. The van der Waals surface area contributed by atoms with E-state index in [0.717, 1.165) is 5.56 Å². The molecule has 0 saturated carbocycles. The average Bonchev–Trinajstić information content (AvgIpc) is 3.21. The first-order chi connectivity index (χ1) is 30.8. The van der Waals surface area contributed by atoms with Gasteiger partial charge >= 0.3 is 5.97 Å². The smallest absolute Gasteiger partial charge is 0.303 e. The molecule has 2 rings (SSSR count). The first kappa shape index (κ1) is 56.5. The number of thiocarbonyl (C=S) groups is 1. The van der Waals surface area contributed by atoms with Gasteiger partial charge in [-0.1, -0.05) is 33.7 Å². The highest BCUT2D eigenvalue weighted by Crippen LogP contribution is 2.20. The fourth-order valence-corrected chi connectivity index (χ4v) is 8.77. The molecular weight excluding hydrogens is 911 g/mol. The lowest BCUT2D eigenvalue weighted by molar-refractivity contribution is -0.309. The maximum atomic E-state index is 12.5. The third kappa shape index (κ3) is 25.6. The van der Waals surface area contributed by atoms with Gasteiger partial charge in [-0.25, -0.2) is 0 Å². The van der Waals surface area contributed by atoms with Crippen LogP contribution in [-0.4, -0.2) is 199 Å². The molecular formula is C40H59N9O13S3-4. The summed E-state index contributed by atoms with van der Waals surface area (Å²) in [5, 5.41) is 70.2. The van der Waals surface area contributed by atoms with Gasteiger partial charge in [0.25, 0.3) is 0 Å². The SMILES string of the molecule is CNC(CCC(=O)O)C(=O)NC(CCC(=O)NCCSSCCNC(=S)Nc1ccc(CC2CN(CC(=O)[O-])CCN(CC(=O)[O-])CCN(CC(=O)[O-])CCN2CC(=O)[O-])cc1)C(C)=O. The number of aliphatic carboxylic acids is 5. The molecule has 0 radical (unpaired) electrons. The number of likely N-dealkylation sites (N-methyl/N-ethyl adjacent to an activating group) is 1. The number of carbonyl (C=O) groups excluding carboxylic acids is 7. The minimum atomic E-state index is -1.38. The fourth-order valence-electron chi connectivity index (χ4n) is 6.74. The second-order valence-corrected chi connectivity index (χ2v) is 18.3. The molecule has 0 spiro atoms. The van der Waals surface area contributed by atoms with E-state index in [1.54, 1.807) is 43.5 Å². The predicted octanol–water partition coefficient (Wildman–Crippen LogP) is -6.09. The van der Waals surface area contributed by atoms with E-state index in [1.165, 1.54) is 23.8 Å². The number of carboxylic acid groups (broad SMARTS) is 5. The molecule has 1 aliphatic heterocycles. The highest BCUT2D eigenvalue weighted by Gasteiger charge is 2.26. The fraction of sp³-hybridized carbons (Fsp3) is 0.625. The quantitative estimate of drug-likeness (QED) is 0.0259. The van der Waals surface area contributed by atoms with Crippen molar-refractivity contribution in [3.8, 4) is 0 Å². The van der Waals surface area contributed by atoms with Gasteiger partial charge in [0, 0.05) is 121 Å². The highest BCUT2D eigenvalue weighted by atomic mass is 33.1. The van der Waals surface area contributed by atoms with Gasteiger partial charge in [0.2, 0.25) is 11.8 Å². The molecule has 1 saturated heterocycles. The maximum absolute atomic E-state index is 12.5. The van der Waals surface area contributed by atoms with Crippen molar-refractivity contribution >= 4 is 92.0 Å². The number of carboxylic acids is 5. The van der Waals surface area contributed by atoms with Crippen LogP contribution >= 0.6 is 33.8 Å². The summed E-state index contributed by atoms with van der Waals surface area (Å²) in [7, 11) is 4.63. The van der Waals surface area contributed by atoms with E-state index in [9.17, 15) is 58.8 Å². The van der Waals surface area contributed by atoms with Gasteiger partial charge in [-0.05, 0) is 63.1 Å². The van der Waals surface area contributed by atoms with Crippen LogP contribution < -0.4 is 47.0 Å². The molecule has 0 aliphatic carbocycles. The molecule has 1 aromatic rings. The van der Waals surface area contributed by atoms with E-state index < -0.39 is 80.1 Å². The summed E-state index contributed by atoms with van der Waals surface area (Å²) in [6.07, 6.45) is 0.207. The molecule has 22 nitrogen and oxygen atoms in total. The largest absolute Gasteiger partial charge is 0.549 e. The van der Waals surface area contributed by atoms with Gasteiger partial charge in [-0.3, -0.25) is 38.8 Å². The number of anilines is 1. The molecule has 1 aromatic carbocycles. The first-order valence-electron chi connectivity index (χ1n) is 20.9. The number of amides is 2. The van der Waals surface area contributed by atoms with E-state index in [-0.39, 0.29) is 89.6 Å². The van der Waals surface area contributed by atoms with Crippen LogP contribution in [0, 0.1) is 0 Å². The molecule has 3 unspecified atom stereocenters. The van der Waals surface area contributed by atoms with Crippen molar-refractivity contribution in [1.29, 1.82) is 0 Å². The summed E-state index contributed by atoms with van der Waals surface area (Å²) in [4.78, 5) is 101. The van der Waals surface area contributed by atoms with Crippen LogP contribution in [0.1, 0.15) is 38.2 Å². The number of ketones is 1. The maximum Gasteiger partial charge on any atom is 0.303 e. The predicted molar refractivity (Wildman–Crippen MR) is 239 cm³/mol. The van der Waals surface area contributed by atoms with Crippen LogP contribution in [0.4, 0.5) is 5.69 Å². The van der Waals surface area contributed by atoms with E-state index in [2.05, 4.69) is 26.6 Å². The standard InChI is InChI=1S/C40H63N9O13S3/c1-27(50)31(45-39(62)32(41-2)8-10-34(52)53)7-9-33(51)42-11-19-64-65-20-12-43-40(63)44-29-5-3-28(4-6-29)21-30-22-48(25-37(58)59)16-15-46(23-35(54)55)13-14-47(24-36(56)57)17-18-49(30)26-38(60)61/h3-6,30-32,41H,7-26H2,1-2H3,(H,42,51)(H,45,62)(H,52,53)(H,54,55)(H,56,57)(H,58,59)(H,60,61)(H2,43,44,63)/p-4. The summed E-state index contributed by atoms with van der Waals surface area (Å²) < 4.78 is 0. The molecule has 2 amide bonds. The molecule has 25 heteroatoms. The van der Waals surface area contributed by atoms with Gasteiger partial charge in [0.15, 0.2) is 10.9 Å². The molecule has 65 heavy (non-hydrogen) atoms. The van der Waals surface area contributed by atoms with Crippen molar-refractivity contribution in [3.05, 3.63) is 29.8 Å². The summed E-state index contributed by atoms with van der Waals surface area (Å²) in [6.45, 7) is 0.960. The number of nitrogens with zero attached hydrogens (tertiary/aromatic N) is 4. The Morgan fingerprint density at radius 1 is 0.723 bits per heavy atom. The highest BCUT2D eigenvalue weighted by molar-refractivity contribution is 8.76. The van der Waals surface area contributed by atoms with Crippen molar-refractivity contribution in [1.82, 2.24) is 40.9 Å². The van der Waals surface area contributed by atoms with Gasteiger partial charge in [0.1, 0.15) is 0 Å². The Balaban J connectivity index is 1.88. The lowest BCUT2D eigenvalue weighted by Crippen LogP contribution is -2.55. The van der Waals surface area contributed by atoms with Crippen molar-refractivity contribution in [2.24, 2.45) is 0 Å². The van der Waals surface area contributed by atoms with Crippen LogP contribution in [0.3, 0.4) is 0 Å². The van der Waals surface area contributed by atoms with E-state index >= 15 is 0 Å². The summed E-state index contributed by atoms with van der Waals surface area (Å²) in [6, 6.07) is 4.91. The number of hydrogen-bond donors (Lipinski definition) is 6. The van der Waals surface area contributed by atoms with E-state index in [1.807, 2.05) is 12.1 Å². The van der Waals surface area contributed by atoms with Crippen LogP contribution in [0.5, 0.6) is 0 Å². The third-order valence-corrected chi connectivity index (χ3v) is 12.7. The minimum Gasteiger partial charge on any atom is -0.549 e. The van der Waals surface area contributed by atoms with E-state index in [4.69, 9.17) is 17.3 Å². The number of hydrogen-bond acceptors (Lipinski definition) is 20. The number of benzene rings is 1. The zero-order valence-electron chi connectivity index (χ0n) is 36.5. The van der Waals surface area contributed by atoms with Gasteiger partial charge in [-0.2, -0.15) is 0 Å². The Bertz CT molecular complexity index is 1750. The van der Waals surface area contributed by atoms with Crippen molar-refractivity contribution in [3.63, 3.8) is 0 Å². The molecule has 6 N–H and O–H groups in total. The number of rotatable bonds is 28.